The minimum Gasteiger partial charge on any atom is -0.550 e. The highest BCUT2D eigenvalue weighted by atomic mass is 16.5. The fourth-order valence-corrected chi connectivity index (χ4v) is 2.14. The fourth-order valence-electron chi connectivity index (χ4n) is 2.14. The van der Waals surface area contributed by atoms with E-state index in [0.717, 1.165) is 5.06 Å². The van der Waals surface area contributed by atoms with Crippen molar-refractivity contribution in [1.29, 1.82) is 0 Å². The first-order chi connectivity index (χ1) is 5.69. The number of nitrogens with zero attached hydrogens (tertiary/aromatic N) is 1. The van der Waals surface area contributed by atoms with Gasteiger partial charge in [-0.05, 0) is 34.1 Å². The lowest BCUT2D eigenvalue weighted by atomic mass is 9.87. The van der Waals surface area contributed by atoms with E-state index in [-0.39, 0.29) is 0 Å². The van der Waals surface area contributed by atoms with E-state index in [1.54, 1.807) is 13.8 Å². The van der Waals surface area contributed by atoms with Crippen molar-refractivity contribution >= 4 is 5.97 Å². The molecule has 4 heteroatoms. The van der Waals surface area contributed by atoms with Gasteiger partial charge in [-0.25, -0.2) is 0 Å². The van der Waals surface area contributed by atoms with Crippen molar-refractivity contribution in [2.75, 3.05) is 0 Å². The molecule has 1 atom stereocenters. The summed E-state index contributed by atoms with van der Waals surface area (Å²) in [6.07, 6.45) is 0.416. The summed E-state index contributed by atoms with van der Waals surface area (Å²) in [5, 5.41) is 21.7. The number of aliphatic carboxylic acids is 1. The van der Waals surface area contributed by atoms with E-state index in [1.807, 2.05) is 13.8 Å². The van der Waals surface area contributed by atoms with Crippen molar-refractivity contribution < 1.29 is 15.1 Å². The van der Waals surface area contributed by atoms with E-state index >= 15 is 0 Å². The van der Waals surface area contributed by atoms with E-state index in [2.05, 4.69) is 0 Å². The van der Waals surface area contributed by atoms with E-state index < -0.39 is 23.0 Å². The van der Waals surface area contributed by atoms with Gasteiger partial charge < -0.3 is 15.1 Å². The smallest absolute Gasteiger partial charge is 0.0491 e. The quantitative estimate of drug-likeness (QED) is 0.626. The maximum atomic E-state index is 10.8. The molecule has 0 aromatic rings. The molecule has 0 radical (unpaired) electrons. The molecule has 0 aromatic heterocycles. The third-order valence-electron chi connectivity index (χ3n) is 2.96. The number of hydrogen-bond acceptors (Lipinski definition) is 4. The molecule has 0 bridgehead atoms. The number of hydrogen-bond donors (Lipinski definition) is 1. The third kappa shape index (κ3) is 1.44. The molecule has 1 aliphatic heterocycles. The summed E-state index contributed by atoms with van der Waals surface area (Å²) in [7, 11) is 0. The minimum atomic E-state index is -1.09. The standard InChI is InChI=1S/C9H17NO3/c1-8(2)5-6(7(11)12)9(3,4)10(8)13/h6,13H,5H2,1-4H3,(H,11,12)/p-1/t6-/m0/s1. The summed E-state index contributed by atoms with van der Waals surface area (Å²) in [6, 6.07) is 0. The first-order valence-corrected chi connectivity index (χ1v) is 4.39. The Morgan fingerprint density at radius 1 is 1.46 bits per heavy atom. The summed E-state index contributed by atoms with van der Waals surface area (Å²) in [5.74, 6) is -1.71. The van der Waals surface area contributed by atoms with Crippen molar-refractivity contribution in [3.05, 3.63) is 0 Å². The zero-order valence-electron chi connectivity index (χ0n) is 8.50. The predicted molar refractivity (Wildman–Crippen MR) is 44.9 cm³/mol. The number of hydroxylamine groups is 2. The van der Waals surface area contributed by atoms with E-state index in [9.17, 15) is 15.1 Å². The fraction of sp³-hybridized carbons (Fsp3) is 0.889. The van der Waals surface area contributed by atoms with Gasteiger partial charge in [-0.15, -0.1) is 0 Å². The van der Waals surface area contributed by atoms with Gasteiger partial charge in [0.25, 0.3) is 0 Å². The summed E-state index contributed by atoms with van der Waals surface area (Å²) in [5.41, 5.74) is -1.24. The van der Waals surface area contributed by atoms with Crippen molar-refractivity contribution in [3.8, 4) is 0 Å². The normalized spacial score (nSPS) is 31.9. The van der Waals surface area contributed by atoms with Crippen molar-refractivity contribution in [3.63, 3.8) is 0 Å². The molecule has 4 nitrogen and oxygen atoms in total. The first kappa shape index (κ1) is 10.5. The van der Waals surface area contributed by atoms with Gasteiger partial charge in [0, 0.05) is 23.0 Å². The Hall–Kier alpha value is -0.610. The Labute approximate surface area is 78.1 Å². The molecule has 1 N–H and O–H groups in total. The molecular formula is C9H16NO3-. The predicted octanol–water partition coefficient (Wildman–Crippen LogP) is 0.00460. The van der Waals surface area contributed by atoms with Crippen molar-refractivity contribution in [1.82, 2.24) is 5.06 Å². The second-order valence-corrected chi connectivity index (χ2v) is 4.85. The van der Waals surface area contributed by atoms with Crippen LogP contribution in [0.15, 0.2) is 0 Å². The number of carbonyl (C=O) groups is 1. The molecule has 0 unspecified atom stereocenters. The van der Waals surface area contributed by atoms with Crippen LogP contribution in [0.5, 0.6) is 0 Å². The molecular weight excluding hydrogens is 170 g/mol. The first-order valence-electron chi connectivity index (χ1n) is 4.39. The van der Waals surface area contributed by atoms with Gasteiger partial charge in [-0.1, -0.05) is 0 Å². The largest absolute Gasteiger partial charge is 0.550 e. The van der Waals surface area contributed by atoms with E-state index in [1.165, 1.54) is 0 Å². The van der Waals surface area contributed by atoms with Crippen LogP contribution in [0, 0.1) is 5.92 Å². The Morgan fingerprint density at radius 2 is 1.92 bits per heavy atom. The summed E-state index contributed by atoms with van der Waals surface area (Å²) >= 11 is 0. The highest BCUT2D eigenvalue weighted by Gasteiger charge is 2.51. The maximum absolute atomic E-state index is 10.8. The highest BCUT2D eigenvalue weighted by Crippen LogP contribution is 2.42. The number of rotatable bonds is 1. The average Bonchev–Trinajstić information content (AvgIpc) is 2.11. The molecule has 13 heavy (non-hydrogen) atoms. The average molecular weight is 186 g/mol. The van der Waals surface area contributed by atoms with Gasteiger partial charge in [0.05, 0.1) is 0 Å². The molecule has 1 heterocycles. The summed E-state index contributed by atoms with van der Waals surface area (Å²) in [6.45, 7) is 7.06. The molecule has 0 aliphatic carbocycles. The zero-order valence-corrected chi connectivity index (χ0v) is 8.50. The van der Waals surface area contributed by atoms with Gasteiger partial charge in [0.1, 0.15) is 0 Å². The number of carboxylic acids is 1. The lowest BCUT2D eigenvalue weighted by molar-refractivity contribution is -0.315. The summed E-state index contributed by atoms with van der Waals surface area (Å²) < 4.78 is 0. The van der Waals surface area contributed by atoms with Crippen LogP contribution >= 0.6 is 0 Å². The molecule has 1 saturated heterocycles. The molecule has 1 rings (SSSR count). The molecule has 0 aromatic carbocycles. The lowest BCUT2D eigenvalue weighted by Crippen LogP contribution is -2.50. The molecule has 0 spiro atoms. The molecule has 1 fully saturated rings. The van der Waals surface area contributed by atoms with Crippen molar-refractivity contribution in [2.24, 2.45) is 5.92 Å². The van der Waals surface area contributed by atoms with Crippen LogP contribution in [-0.2, 0) is 4.79 Å². The molecule has 76 valence electrons. The van der Waals surface area contributed by atoms with Crippen molar-refractivity contribution in [2.45, 2.75) is 45.2 Å². The van der Waals surface area contributed by atoms with Gasteiger partial charge in [0.2, 0.25) is 0 Å². The Kier molecular flexibility index (Phi) is 2.16. The second kappa shape index (κ2) is 2.69. The number of carboxylic acid groups (broad SMARTS) is 1. The van der Waals surface area contributed by atoms with Crippen LogP contribution in [0.2, 0.25) is 0 Å². The van der Waals surface area contributed by atoms with Crippen LogP contribution in [-0.4, -0.2) is 27.3 Å². The third-order valence-corrected chi connectivity index (χ3v) is 2.96. The Morgan fingerprint density at radius 3 is 2.08 bits per heavy atom. The minimum absolute atomic E-state index is 0.416. The van der Waals surface area contributed by atoms with Gasteiger partial charge in [-0.2, -0.15) is 5.06 Å². The number of carbonyl (C=O) groups excluding carboxylic acids is 1. The van der Waals surface area contributed by atoms with E-state index in [0.29, 0.717) is 6.42 Å². The van der Waals surface area contributed by atoms with Gasteiger partial charge in [-0.3, -0.25) is 0 Å². The van der Waals surface area contributed by atoms with Crippen LogP contribution in [0.1, 0.15) is 34.1 Å². The SMILES string of the molecule is CC1(C)C[C@@H](C(=O)[O-])C(C)(C)N1O. The second-order valence-electron chi connectivity index (χ2n) is 4.85. The van der Waals surface area contributed by atoms with E-state index in [4.69, 9.17) is 0 Å². The molecule has 1 aliphatic rings. The van der Waals surface area contributed by atoms with Gasteiger partial charge in [0.15, 0.2) is 0 Å². The van der Waals surface area contributed by atoms with Crippen LogP contribution in [0.25, 0.3) is 0 Å². The van der Waals surface area contributed by atoms with Crippen LogP contribution in [0.3, 0.4) is 0 Å². The van der Waals surface area contributed by atoms with Crippen LogP contribution < -0.4 is 5.11 Å². The topological polar surface area (TPSA) is 63.6 Å². The maximum Gasteiger partial charge on any atom is 0.0491 e. The molecule has 0 saturated carbocycles. The summed E-state index contributed by atoms with van der Waals surface area (Å²) in [4.78, 5) is 10.8. The molecule has 0 amide bonds. The highest BCUT2D eigenvalue weighted by molar-refractivity contribution is 5.70. The Bertz CT molecular complexity index is 235. The lowest BCUT2D eigenvalue weighted by Gasteiger charge is -2.36. The van der Waals surface area contributed by atoms with Gasteiger partial charge >= 0.3 is 0 Å². The zero-order chi connectivity index (χ0) is 10.4. The Balaban J connectivity index is 3.00. The monoisotopic (exact) mass is 186 g/mol. The van der Waals surface area contributed by atoms with Crippen LogP contribution in [0.4, 0.5) is 0 Å².